The molecule has 0 saturated carbocycles. The molecule has 0 saturated heterocycles. The smallest absolute Gasteiger partial charge is 0.414 e. The number of carbonyl (C=O) groups excluding carboxylic acids is 1. The zero-order chi connectivity index (χ0) is 24.8. The van der Waals surface area contributed by atoms with Crippen molar-refractivity contribution in [3.05, 3.63) is 121 Å². The van der Waals surface area contributed by atoms with Crippen LogP contribution in [0, 0.1) is 0 Å². The lowest BCUT2D eigenvalue weighted by Crippen LogP contribution is -2.34. The number of nitrogens with one attached hydrogen (secondary N) is 2. The number of aromatic nitrogens is 1. The molecule has 7 nitrogen and oxygen atoms in total. The Kier molecular flexibility index (Phi) is 6.98. The predicted octanol–water partition coefficient (Wildman–Crippen LogP) is 7.47. The van der Waals surface area contributed by atoms with E-state index in [0.29, 0.717) is 22.2 Å². The number of rotatable bonds is 8. The zero-order valence-electron chi connectivity index (χ0n) is 19.0. The molecule has 0 radical (unpaired) electrons. The lowest BCUT2D eigenvalue weighted by Gasteiger charge is -2.28. The van der Waals surface area contributed by atoms with Crippen molar-refractivity contribution in [1.29, 1.82) is 0 Å². The molecule has 5 rings (SSSR count). The van der Waals surface area contributed by atoms with E-state index in [1.807, 2.05) is 42.5 Å². The van der Waals surface area contributed by atoms with Crippen LogP contribution in [0.25, 0.3) is 10.2 Å². The zero-order valence-corrected chi connectivity index (χ0v) is 20.7. The Morgan fingerprint density at radius 3 is 1.86 bits per heavy atom. The summed E-state index contributed by atoms with van der Waals surface area (Å²) in [6.07, 6.45) is 0. The molecule has 0 spiro atoms. The summed E-state index contributed by atoms with van der Waals surface area (Å²) in [5.41, 5.74) is 1.34. The molecule has 0 aliphatic carbocycles. The van der Waals surface area contributed by atoms with E-state index in [2.05, 4.69) is 15.6 Å². The van der Waals surface area contributed by atoms with Crippen molar-refractivity contribution in [2.75, 3.05) is 5.32 Å². The van der Waals surface area contributed by atoms with Gasteiger partial charge in [0.25, 0.3) is 0 Å². The normalized spacial score (nSPS) is 12.0. The van der Waals surface area contributed by atoms with Crippen LogP contribution in [0.5, 0.6) is 11.5 Å². The Morgan fingerprint density at radius 2 is 1.28 bits per heavy atom. The highest BCUT2D eigenvalue weighted by atomic mass is 32.1. The Balaban J connectivity index is 1.48. The van der Waals surface area contributed by atoms with Crippen LogP contribution in [0.3, 0.4) is 0 Å². The van der Waals surface area contributed by atoms with Gasteiger partial charge in [-0.05, 0) is 42.0 Å². The van der Waals surface area contributed by atoms with Gasteiger partial charge in [-0.25, -0.2) is 14.3 Å². The van der Waals surface area contributed by atoms with Gasteiger partial charge in [-0.2, -0.15) is 0 Å². The average Bonchev–Trinajstić information content (AvgIpc) is 3.31. The maximum absolute atomic E-state index is 14.5. The molecule has 36 heavy (non-hydrogen) atoms. The molecule has 180 valence electrons. The minimum absolute atomic E-state index is 0.353. The second kappa shape index (κ2) is 10.6. The summed E-state index contributed by atoms with van der Waals surface area (Å²) in [5.74, 6) is -0.411. The van der Waals surface area contributed by atoms with Gasteiger partial charge in [0.05, 0.1) is 10.2 Å². The maximum Gasteiger partial charge on any atom is 0.457 e. The van der Waals surface area contributed by atoms with Crippen LogP contribution >= 0.6 is 18.9 Å². The van der Waals surface area contributed by atoms with Gasteiger partial charge < -0.3 is 14.4 Å². The van der Waals surface area contributed by atoms with Gasteiger partial charge in [-0.3, -0.25) is 5.32 Å². The Bertz CT molecular complexity index is 1420. The van der Waals surface area contributed by atoms with Crippen LogP contribution in [-0.4, -0.2) is 11.0 Å². The van der Waals surface area contributed by atoms with E-state index in [0.717, 1.165) is 10.2 Å². The SMILES string of the molecule is O=C(Nc1nc2ccccc2s1)NC(c1ccccc1)P(=O)(Oc1ccccc1)Oc1ccccc1. The summed E-state index contributed by atoms with van der Waals surface area (Å²) >= 11 is 1.35. The summed E-state index contributed by atoms with van der Waals surface area (Å²) in [5, 5.41) is 5.99. The third-order valence-corrected chi connectivity index (χ3v) is 8.11. The summed E-state index contributed by atoms with van der Waals surface area (Å²) in [6, 6.07) is 33.4. The Hall–Kier alpha value is -4.13. The maximum atomic E-state index is 14.5. The van der Waals surface area contributed by atoms with Crippen LogP contribution in [0.15, 0.2) is 115 Å². The molecule has 0 fully saturated rings. The van der Waals surface area contributed by atoms with E-state index in [1.165, 1.54) is 11.3 Å². The number of fused-ring (bicyclic) bond motifs is 1. The van der Waals surface area contributed by atoms with Gasteiger partial charge in [0.1, 0.15) is 11.5 Å². The predicted molar refractivity (Wildman–Crippen MR) is 143 cm³/mol. The van der Waals surface area contributed by atoms with Crippen molar-refractivity contribution in [1.82, 2.24) is 10.3 Å². The quantitative estimate of drug-likeness (QED) is 0.209. The average molecular weight is 516 g/mol. The van der Waals surface area contributed by atoms with Crippen molar-refractivity contribution < 1.29 is 18.4 Å². The van der Waals surface area contributed by atoms with Crippen molar-refractivity contribution in [2.24, 2.45) is 0 Å². The molecule has 0 aliphatic heterocycles. The highest BCUT2D eigenvalue weighted by Gasteiger charge is 2.42. The molecule has 0 bridgehead atoms. The second-order valence-corrected chi connectivity index (χ2v) is 10.7. The molecule has 2 N–H and O–H groups in total. The number of thiazole rings is 1. The minimum Gasteiger partial charge on any atom is -0.414 e. The topological polar surface area (TPSA) is 89.6 Å². The van der Waals surface area contributed by atoms with Crippen LogP contribution in [-0.2, 0) is 4.57 Å². The lowest BCUT2D eigenvalue weighted by atomic mass is 10.2. The van der Waals surface area contributed by atoms with E-state index in [-0.39, 0.29) is 0 Å². The highest BCUT2D eigenvalue weighted by Crippen LogP contribution is 2.58. The van der Waals surface area contributed by atoms with E-state index >= 15 is 0 Å². The summed E-state index contributed by atoms with van der Waals surface area (Å²) in [6.45, 7) is 0. The number of benzene rings is 4. The third kappa shape index (κ3) is 5.57. The Labute approximate surface area is 212 Å². The molecule has 4 aromatic carbocycles. The fraction of sp³-hybridized carbons (Fsp3) is 0.0370. The first-order chi connectivity index (χ1) is 17.6. The fourth-order valence-electron chi connectivity index (χ4n) is 3.54. The van der Waals surface area contributed by atoms with Crippen molar-refractivity contribution >= 4 is 40.3 Å². The summed E-state index contributed by atoms with van der Waals surface area (Å²) in [4.78, 5) is 17.6. The van der Waals surface area contributed by atoms with Gasteiger partial charge in [0.2, 0.25) is 0 Å². The first-order valence-electron chi connectivity index (χ1n) is 11.2. The van der Waals surface area contributed by atoms with Gasteiger partial charge in [0, 0.05) is 0 Å². The van der Waals surface area contributed by atoms with Crippen molar-refractivity contribution in [3.8, 4) is 11.5 Å². The van der Waals surface area contributed by atoms with Crippen LogP contribution in [0.4, 0.5) is 9.93 Å². The highest BCUT2D eigenvalue weighted by molar-refractivity contribution is 7.55. The molecule has 2 amide bonds. The number of urea groups is 1. The van der Waals surface area contributed by atoms with Crippen LogP contribution in [0.1, 0.15) is 11.3 Å². The number of anilines is 1. The van der Waals surface area contributed by atoms with E-state index in [9.17, 15) is 9.36 Å². The van der Waals surface area contributed by atoms with Crippen molar-refractivity contribution in [2.45, 2.75) is 5.78 Å². The molecule has 9 heteroatoms. The van der Waals surface area contributed by atoms with Gasteiger partial charge >= 0.3 is 13.6 Å². The van der Waals surface area contributed by atoms with Gasteiger partial charge in [-0.15, -0.1) is 0 Å². The van der Waals surface area contributed by atoms with Crippen LogP contribution in [0.2, 0.25) is 0 Å². The van der Waals surface area contributed by atoms with E-state index in [4.69, 9.17) is 9.05 Å². The summed E-state index contributed by atoms with van der Waals surface area (Å²) in [7, 11) is -4.07. The fourth-order valence-corrected chi connectivity index (χ4v) is 6.30. The van der Waals surface area contributed by atoms with Gasteiger partial charge in [-0.1, -0.05) is 90.2 Å². The molecule has 5 aromatic rings. The molecule has 1 unspecified atom stereocenters. The van der Waals surface area contributed by atoms with E-state index in [1.54, 1.807) is 72.8 Å². The molecule has 1 aromatic heterocycles. The number of amides is 2. The molecular formula is C27H22N3O4PS. The number of carbonyl (C=O) groups is 1. The van der Waals surface area contributed by atoms with Gasteiger partial charge in [0.15, 0.2) is 10.9 Å². The van der Waals surface area contributed by atoms with E-state index < -0.39 is 19.4 Å². The lowest BCUT2D eigenvalue weighted by molar-refractivity contribution is 0.249. The largest absolute Gasteiger partial charge is 0.457 e. The standard InChI is InChI=1S/C27H22N3O4PS/c31-26(30-27-28-23-18-10-11-19-24(23)36-27)29-25(20-12-4-1-5-13-20)35(32,33-21-14-6-2-7-15-21)34-22-16-8-3-9-17-22/h1-19,25H,(H2,28,29,30,31). The molecular weight excluding hydrogens is 493 g/mol. The molecule has 1 atom stereocenters. The minimum atomic E-state index is -4.07. The number of para-hydroxylation sites is 3. The van der Waals surface area contributed by atoms with Crippen LogP contribution < -0.4 is 19.7 Å². The number of hydrogen-bond acceptors (Lipinski definition) is 6. The second-order valence-electron chi connectivity index (χ2n) is 7.75. The molecule has 0 aliphatic rings. The summed E-state index contributed by atoms with van der Waals surface area (Å²) < 4.78 is 27.4. The monoisotopic (exact) mass is 515 g/mol. The number of nitrogens with zero attached hydrogens (tertiary/aromatic N) is 1. The van der Waals surface area contributed by atoms with Crippen molar-refractivity contribution in [3.63, 3.8) is 0 Å². The number of hydrogen-bond donors (Lipinski definition) is 2. The third-order valence-electron chi connectivity index (χ3n) is 5.17. The Morgan fingerprint density at radius 1 is 0.750 bits per heavy atom. The first-order valence-corrected chi connectivity index (χ1v) is 13.6. The molecule has 1 heterocycles. The first kappa shape index (κ1) is 23.6.